The Bertz CT molecular complexity index is 1160. The summed E-state index contributed by atoms with van der Waals surface area (Å²) in [5, 5.41) is 2.82. The molecular weight excluding hydrogens is 404 g/mol. The van der Waals surface area contributed by atoms with E-state index in [0.29, 0.717) is 28.4 Å². The molecule has 1 aliphatic rings. The lowest BCUT2D eigenvalue weighted by atomic mass is 10.1. The van der Waals surface area contributed by atoms with E-state index in [4.69, 9.17) is 9.47 Å². The number of anilines is 2. The van der Waals surface area contributed by atoms with Gasteiger partial charge >= 0.3 is 0 Å². The zero-order valence-electron chi connectivity index (χ0n) is 16.2. The highest BCUT2D eigenvalue weighted by molar-refractivity contribution is 7.92. The van der Waals surface area contributed by atoms with Crippen molar-refractivity contribution in [2.45, 2.75) is 6.54 Å². The Kier molecular flexibility index (Phi) is 5.33. The predicted octanol–water partition coefficient (Wildman–Crippen LogP) is 3.63. The molecule has 0 aliphatic carbocycles. The van der Waals surface area contributed by atoms with E-state index in [1.807, 2.05) is 6.07 Å². The van der Waals surface area contributed by atoms with Crippen LogP contribution in [-0.2, 0) is 16.6 Å². The zero-order chi connectivity index (χ0) is 21.1. The molecule has 1 amide bonds. The average Bonchev–Trinajstić information content (AvgIpc) is 3.20. The van der Waals surface area contributed by atoms with Crippen LogP contribution in [0.4, 0.5) is 11.4 Å². The number of fused-ring (bicyclic) bond motifs is 1. The molecule has 0 saturated heterocycles. The van der Waals surface area contributed by atoms with E-state index < -0.39 is 10.0 Å². The summed E-state index contributed by atoms with van der Waals surface area (Å²) in [7, 11) is -3.46. The van der Waals surface area contributed by atoms with Gasteiger partial charge in [0.2, 0.25) is 16.8 Å². The maximum Gasteiger partial charge on any atom is 0.255 e. The van der Waals surface area contributed by atoms with Crippen molar-refractivity contribution in [2.24, 2.45) is 0 Å². The van der Waals surface area contributed by atoms with E-state index in [1.165, 1.54) is 10.6 Å². The smallest absolute Gasteiger partial charge is 0.255 e. The van der Waals surface area contributed by atoms with Gasteiger partial charge in [0.25, 0.3) is 5.91 Å². The first kappa shape index (κ1) is 19.8. The lowest BCUT2D eigenvalue weighted by molar-refractivity contribution is 0.102. The van der Waals surface area contributed by atoms with Crippen LogP contribution < -0.4 is 19.1 Å². The quantitative estimate of drug-likeness (QED) is 0.653. The molecule has 0 atom stereocenters. The minimum absolute atomic E-state index is 0.168. The summed E-state index contributed by atoms with van der Waals surface area (Å²) in [5.41, 5.74) is 2.41. The van der Waals surface area contributed by atoms with Crippen molar-refractivity contribution in [1.29, 1.82) is 0 Å². The van der Waals surface area contributed by atoms with Crippen molar-refractivity contribution in [3.63, 3.8) is 0 Å². The molecule has 7 nitrogen and oxygen atoms in total. The van der Waals surface area contributed by atoms with Crippen molar-refractivity contribution in [1.82, 2.24) is 0 Å². The SMILES string of the molecule is CS(=O)(=O)N(Cc1ccc(C(=O)Nc2ccc3c(c2)OCO3)cc1)c1ccccc1. The van der Waals surface area contributed by atoms with Gasteiger partial charge in [-0.15, -0.1) is 0 Å². The predicted molar refractivity (Wildman–Crippen MR) is 114 cm³/mol. The van der Waals surface area contributed by atoms with Gasteiger partial charge in [0.1, 0.15) is 0 Å². The van der Waals surface area contributed by atoms with Gasteiger partial charge in [-0.1, -0.05) is 30.3 Å². The van der Waals surface area contributed by atoms with Gasteiger partial charge in [-0.2, -0.15) is 0 Å². The van der Waals surface area contributed by atoms with E-state index in [0.717, 1.165) is 5.56 Å². The summed E-state index contributed by atoms with van der Waals surface area (Å²) in [6, 6.07) is 20.9. The molecule has 0 saturated carbocycles. The second-order valence-electron chi connectivity index (χ2n) is 6.82. The van der Waals surface area contributed by atoms with Crippen LogP contribution in [0.5, 0.6) is 11.5 Å². The normalized spacial score (nSPS) is 12.4. The van der Waals surface area contributed by atoms with Crippen molar-refractivity contribution < 1.29 is 22.7 Å². The van der Waals surface area contributed by atoms with Crippen molar-refractivity contribution in [3.05, 3.63) is 83.9 Å². The highest BCUT2D eigenvalue weighted by atomic mass is 32.2. The molecule has 3 aromatic carbocycles. The Balaban J connectivity index is 1.47. The van der Waals surface area contributed by atoms with E-state index >= 15 is 0 Å². The average molecular weight is 424 g/mol. The Morgan fingerprint density at radius 3 is 2.37 bits per heavy atom. The van der Waals surface area contributed by atoms with Crippen LogP contribution in [0.1, 0.15) is 15.9 Å². The number of amides is 1. The number of nitrogens with zero attached hydrogens (tertiary/aromatic N) is 1. The second kappa shape index (κ2) is 8.08. The van der Waals surface area contributed by atoms with Gasteiger partial charge in [0.05, 0.1) is 18.5 Å². The van der Waals surface area contributed by atoms with Crippen molar-refractivity contribution >= 4 is 27.3 Å². The topological polar surface area (TPSA) is 84.9 Å². The number of sulfonamides is 1. The van der Waals surface area contributed by atoms with Crippen LogP contribution in [0.15, 0.2) is 72.8 Å². The molecule has 8 heteroatoms. The molecule has 30 heavy (non-hydrogen) atoms. The molecule has 0 radical (unpaired) electrons. The lowest BCUT2D eigenvalue weighted by Crippen LogP contribution is -2.29. The molecule has 3 aromatic rings. The Labute approximate surface area is 174 Å². The first-order chi connectivity index (χ1) is 14.4. The summed E-state index contributed by atoms with van der Waals surface area (Å²) in [4.78, 5) is 12.5. The second-order valence-corrected chi connectivity index (χ2v) is 8.73. The first-order valence-electron chi connectivity index (χ1n) is 9.23. The number of rotatable bonds is 6. The summed E-state index contributed by atoms with van der Waals surface area (Å²) >= 11 is 0. The Morgan fingerprint density at radius 2 is 1.67 bits per heavy atom. The summed E-state index contributed by atoms with van der Waals surface area (Å²) in [6.07, 6.45) is 1.17. The van der Waals surface area contributed by atoms with Crippen molar-refractivity contribution in [2.75, 3.05) is 22.7 Å². The molecule has 0 spiro atoms. The monoisotopic (exact) mass is 424 g/mol. The number of ether oxygens (including phenoxy) is 2. The van der Waals surface area contributed by atoms with Gasteiger partial charge in [0.15, 0.2) is 11.5 Å². The lowest BCUT2D eigenvalue weighted by Gasteiger charge is -2.22. The fourth-order valence-electron chi connectivity index (χ4n) is 3.10. The number of hydrogen-bond donors (Lipinski definition) is 1. The number of nitrogens with one attached hydrogen (secondary N) is 1. The number of benzene rings is 3. The van der Waals surface area contributed by atoms with Crippen LogP contribution >= 0.6 is 0 Å². The molecular formula is C22H20N2O5S. The fourth-order valence-corrected chi connectivity index (χ4v) is 3.99. The van der Waals surface area contributed by atoms with Gasteiger partial charge in [-0.25, -0.2) is 8.42 Å². The van der Waals surface area contributed by atoms with Crippen LogP contribution in [0.3, 0.4) is 0 Å². The highest BCUT2D eigenvalue weighted by Gasteiger charge is 2.18. The zero-order valence-corrected chi connectivity index (χ0v) is 17.1. The third-order valence-electron chi connectivity index (χ3n) is 4.62. The Morgan fingerprint density at radius 1 is 0.967 bits per heavy atom. The minimum Gasteiger partial charge on any atom is -0.454 e. The number of para-hydroxylation sites is 1. The third kappa shape index (κ3) is 4.38. The van der Waals surface area contributed by atoms with Crippen LogP contribution in [0.25, 0.3) is 0 Å². The van der Waals surface area contributed by atoms with Gasteiger partial charge < -0.3 is 14.8 Å². The van der Waals surface area contributed by atoms with Crippen LogP contribution in [-0.4, -0.2) is 27.4 Å². The fraction of sp³-hybridized carbons (Fsp3) is 0.136. The number of carbonyl (C=O) groups is 1. The molecule has 0 unspecified atom stereocenters. The van der Waals surface area contributed by atoms with Crippen LogP contribution in [0, 0.1) is 0 Å². The highest BCUT2D eigenvalue weighted by Crippen LogP contribution is 2.34. The molecule has 1 aliphatic heterocycles. The molecule has 4 rings (SSSR count). The van der Waals surface area contributed by atoms with Crippen molar-refractivity contribution in [3.8, 4) is 11.5 Å². The van der Waals surface area contributed by atoms with E-state index in [-0.39, 0.29) is 19.2 Å². The van der Waals surface area contributed by atoms with Gasteiger partial charge in [-0.05, 0) is 42.0 Å². The van der Waals surface area contributed by atoms with E-state index in [9.17, 15) is 13.2 Å². The molecule has 0 aromatic heterocycles. The maximum atomic E-state index is 12.5. The molecule has 1 heterocycles. The van der Waals surface area contributed by atoms with E-state index in [2.05, 4.69) is 5.32 Å². The van der Waals surface area contributed by atoms with Gasteiger partial charge in [-0.3, -0.25) is 9.10 Å². The largest absolute Gasteiger partial charge is 0.454 e. The maximum absolute atomic E-state index is 12.5. The summed E-state index contributed by atoms with van der Waals surface area (Å²) in [6.45, 7) is 0.342. The molecule has 0 fully saturated rings. The van der Waals surface area contributed by atoms with Gasteiger partial charge in [0, 0.05) is 17.3 Å². The standard InChI is InChI=1S/C22H20N2O5S/c1-30(26,27)24(19-5-3-2-4-6-19)14-16-7-9-17(10-8-16)22(25)23-18-11-12-20-21(13-18)29-15-28-20/h2-13H,14-15H2,1H3,(H,23,25). The molecule has 0 bridgehead atoms. The summed E-state index contributed by atoms with van der Waals surface area (Å²) < 4.78 is 36.4. The first-order valence-corrected chi connectivity index (χ1v) is 11.1. The number of hydrogen-bond acceptors (Lipinski definition) is 5. The summed E-state index contributed by atoms with van der Waals surface area (Å²) in [5.74, 6) is 0.958. The minimum atomic E-state index is -3.46. The molecule has 154 valence electrons. The number of carbonyl (C=O) groups excluding carboxylic acids is 1. The third-order valence-corrected chi connectivity index (χ3v) is 5.76. The van der Waals surface area contributed by atoms with Crippen LogP contribution in [0.2, 0.25) is 0 Å². The van der Waals surface area contributed by atoms with E-state index in [1.54, 1.807) is 66.7 Å². The Hall–Kier alpha value is -3.52. The molecule has 1 N–H and O–H groups in total.